The Hall–Kier alpha value is -3.12. The summed E-state index contributed by atoms with van der Waals surface area (Å²) in [7, 11) is 3.44. The van der Waals surface area contributed by atoms with E-state index in [4.69, 9.17) is 0 Å². The standard InChI is InChI=1S/C22H23N3O2S/c1-25(2)22(27)17-10-12-18(13-11-17)23-15-20(26)24-21(19-9-6-14-28-19)16-7-4-3-5-8-16/h3-14,21,23H,15H2,1-2H3,(H,24,26)/t21-/m1/s1. The number of nitrogens with one attached hydrogen (secondary N) is 2. The van der Waals surface area contributed by atoms with Crippen LogP contribution in [0.4, 0.5) is 5.69 Å². The van der Waals surface area contributed by atoms with E-state index in [-0.39, 0.29) is 24.4 Å². The number of nitrogens with zero attached hydrogens (tertiary/aromatic N) is 1. The van der Waals surface area contributed by atoms with E-state index in [1.165, 1.54) is 4.90 Å². The van der Waals surface area contributed by atoms with Crippen molar-refractivity contribution in [2.45, 2.75) is 6.04 Å². The van der Waals surface area contributed by atoms with Gasteiger partial charge in [0.2, 0.25) is 5.91 Å². The topological polar surface area (TPSA) is 61.4 Å². The Kier molecular flexibility index (Phi) is 6.45. The fourth-order valence-corrected chi connectivity index (χ4v) is 3.61. The number of anilines is 1. The highest BCUT2D eigenvalue weighted by molar-refractivity contribution is 7.10. The Balaban J connectivity index is 1.62. The molecule has 6 heteroatoms. The summed E-state index contributed by atoms with van der Waals surface area (Å²) in [6.45, 7) is 0.148. The van der Waals surface area contributed by atoms with E-state index in [9.17, 15) is 9.59 Å². The van der Waals surface area contributed by atoms with Crippen LogP contribution in [0.3, 0.4) is 0 Å². The molecule has 144 valence electrons. The third-order valence-electron chi connectivity index (χ3n) is 4.26. The number of carbonyl (C=O) groups excluding carboxylic acids is 2. The van der Waals surface area contributed by atoms with Gasteiger partial charge in [0.15, 0.2) is 0 Å². The zero-order chi connectivity index (χ0) is 19.9. The molecule has 2 aromatic carbocycles. The van der Waals surface area contributed by atoms with Gasteiger partial charge in [-0.25, -0.2) is 0 Å². The van der Waals surface area contributed by atoms with Crippen molar-refractivity contribution in [2.24, 2.45) is 0 Å². The van der Waals surface area contributed by atoms with Crippen LogP contribution in [0.15, 0.2) is 72.1 Å². The van der Waals surface area contributed by atoms with Crippen LogP contribution >= 0.6 is 11.3 Å². The van der Waals surface area contributed by atoms with E-state index in [1.807, 2.05) is 47.8 Å². The number of benzene rings is 2. The number of amides is 2. The minimum atomic E-state index is -0.171. The molecule has 1 aromatic heterocycles. The molecule has 0 bridgehead atoms. The van der Waals surface area contributed by atoms with E-state index in [0.29, 0.717) is 5.56 Å². The van der Waals surface area contributed by atoms with Crippen molar-refractivity contribution in [3.63, 3.8) is 0 Å². The van der Waals surface area contributed by atoms with Gasteiger partial charge >= 0.3 is 0 Å². The Morgan fingerprint density at radius 3 is 2.29 bits per heavy atom. The summed E-state index contributed by atoms with van der Waals surface area (Å²) in [6, 6.07) is 20.9. The number of hydrogen-bond donors (Lipinski definition) is 2. The summed E-state index contributed by atoms with van der Waals surface area (Å²) in [6.07, 6.45) is 0. The lowest BCUT2D eigenvalue weighted by Crippen LogP contribution is -2.33. The maximum absolute atomic E-state index is 12.5. The van der Waals surface area contributed by atoms with Gasteiger partial charge in [0.1, 0.15) is 0 Å². The first kappa shape index (κ1) is 19.6. The predicted octanol–water partition coefficient (Wildman–Crippen LogP) is 3.77. The third kappa shape index (κ3) is 4.98. The lowest BCUT2D eigenvalue weighted by atomic mass is 10.1. The number of carbonyl (C=O) groups is 2. The normalized spacial score (nSPS) is 11.5. The Morgan fingerprint density at radius 2 is 1.68 bits per heavy atom. The van der Waals surface area contributed by atoms with Crippen LogP contribution in [-0.4, -0.2) is 37.4 Å². The molecule has 0 fully saturated rings. The smallest absolute Gasteiger partial charge is 0.253 e. The molecule has 0 aliphatic heterocycles. The zero-order valence-electron chi connectivity index (χ0n) is 15.9. The van der Waals surface area contributed by atoms with Gasteiger partial charge in [0, 0.05) is 30.2 Å². The Morgan fingerprint density at radius 1 is 0.964 bits per heavy atom. The van der Waals surface area contributed by atoms with Crippen molar-refractivity contribution in [2.75, 3.05) is 26.0 Å². The Bertz CT molecular complexity index is 907. The molecule has 0 aliphatic carbocycles. The van der Waals surface area contributed by atoms with E-state index in [0.717, 1.165) is 16.1 Å². The highest BCUT2D eigenvalue weighted by atomic mass is 32.1. The Labute approximate surface area is 169 Å². The van der Waals surface area contributed by atoms with Gasteiger partial charge in [0.25, 0.3) is 5.91 Å². The maximum atomic E-state index is 12.5. The van der Waals surface area contributed by atoms with Gasteiger partial charge in [-0.3, -0.25) is 9.59 Å². The molecule has 0 unspecified atom stereocenters. The second-order valence-electron chi connectivity index (χ2n) is 6.56. The van der Waals surface area contributed by atoms with Crippen molar-refractivity contribution < 1.29 is 9.59 Å². The van der Waals surface area contributed by atoms with Gasteiger partial charge in [0.05, 0.1) is 12.6 Å². The fourth-order valence-electron chi connectivity index (χ4n) is 2.80. The zero-order valence-corrected chi connectivity index (χ0v) is 16.7. The first-order valence-corrected chi connectivity index (χ1v) is 9.86. The second kappa shape index (κ2) is 9.19. The average molecular weight is 394 g/mol. The van der Waals surface area contributed by atoms with Crippen molar-refractivity contribution in [1.82, 2.24) is 10.2 Å². The van der Waals surface area contributed by atoms with E-state index in [2.05, 4.69) is 10.6 Å². The van der Waals surface area contributed by atoms with E-state index < -0.39 is 0 Å². The van der Waals surface area contributed by atoms with Crippen LogP contribution in [0, 0.1) is 0 Å². The molecule has 28 heavy (non-hydrogen) atoms. The van der Waals surface area contributed by atoms with Gasteiger partial charge in [-0.2, -0.15) is 0 Å². The highest BCUT2D eigenvalue weighted by Gasteiger charge is 2.17. The minimum absolute atomic E-state index is 0.0501. The van der Waals surface area contributed by atoms with E-state index in [1.54, 1.807) is 49.7 Å². The minimum Gasteiger partial charge on any atom is -0.376 e. The molecular formula is C22H23N3O2S. The van der Waals surface area contributed by atoms with E-state index >= 15 is 0 Å². The average Bonchev–Trinajstić information content (AvgIpc) is 3.25. The molecule has 0 radical (unpaired) electrons. The molecule has 3 aromatic rings. The lowest BCUT2D eigenvalue weighted by Gasteiger charge is -2.18. The summed E-state index contributed by atoms with van der Waals surface area (Å²) in [4.78, 5) is 27.1. The first-order valence-electron chi connectivity index (χ1n) is 8.98. The van der Waals surface area contributed by atoms with Gasteiger partial charge in [-0.05, 0) is 41.3 Å². The van der Waals surface area contributed by atoms with Gasteiger partial charge in [-0.1, -0.05) is 36.4 Å². The third-order valence-corrected chi connectivity index (χ3v) is 5.19. The molecule has 0 spiro atoms. The molecule has 1 heterocycles. The first-order chi connectivity index (χ1) is 13.5. The van der Waals surface area contributed by atoms with Crippen molar-refractivity contribution >= 4 is 28.8 Å². The monoisotopic (exact) mass is 393 g/mol. The quantitative estimate of drug-likeness (QED) is 0.642. The summed E-state index contributed by atoms with van der Waals surface area (Å²) in [5.74, 6) is -0.151. The van der Waals surface area contributed by atoms with Crippen LogP contribution in [0.2, 0.25) is 0 Å². The number of thiophene rings is 1. The molecule has 3 rings (SSSR count). The summed E-state index contributed by atoms with van der Waals surface area (Å²) < 4.78 is 0. The van der Waals surface area contributed by atoms with Crippen LogP contribution in [-0.2, 0) is 4.79 Å². The highest BCUT2D eigenvalue weighted by Crippen LogP contribution is 2.25. The molecule has 5 nitrogen and oxygen atoms in total. The van der Waals surface area contributed by atoms with Crippen molar-refractivity contribution in [3.8, 4) is 0 Å². The van der Waals surface area contributed by atoms with Crippen LogP contribution in [0.25, 0.3) is 0 Å². The second-order valence-corrected chi connectivity index (χ2v) is 7.54. The van der Waals surface area contributed by atoms with Crippen LogP contribution < -0.4 is 10.6 Å². The molecule has 2 amide bonds. The number of rotatable bonds is 7. The van der Waals surface area contributed by atoms with Gasteiger partial charge < -0.3 is 15.5 Å². The lowest BCUT2D eigenvalue weighted by molar-refractivity contribution is -0.119. The number of hydrogen-bond acceptors (Lipinski definition) is 4. The summed E-state index contributed by atoms with van der Waals surface area (Å²) in [5.41, 5.74) is 2.45. The van der Waals surface area contributed by atoms with Crippen molar-refractivity contribution in [3.05, 3.63) is 88.1 Å². The van der Waals surface area contributed by atoms with Crippen molar-refractivity contribution in [1.29, 1.82) is 0 Å². The fraction of sp³-hybridized carbons (Fsp3) is 0.182. The van der Waals surface area contributed by atoms with Crippen LogP contribution in [0.5, 0.6) is 0 Å². The largest absolute Gasteiger partial charge is 0.376 e. The van der Waals surface area contributed by atoms with Gasteiger partial charge in [-0.15, -0.1) is 11.3 Å². The molecule has 0 saturated carbocycles. The maximum Gasteiger partial charge on any atom is 0.253 e. The molecule has 2 N–H and O–H groups in total. The SMILES string of the molecule is CN(C)C(=O)c1ccc(NCC(=O)N[C@H](c2ccccc2)c2cccs2)cc1. The molecular weight excluding hydrogens is 370 g/mol. The predicted molar refractivity (Wildman–Crippen MR) is 114 cm³/mol. The molecule has 0 saturated heterocycles. The molecule has 1 atom stereocenters. The summed E-state index contributed by atoms with van der Waals surface area (Å²) in [5, 5.41) is 8.21. The molecule has 0 aliphatic rings. The summed E-state index contributed by atoms with van der Waals surface area (Å²) >= 11 is 1.62. The van der Waals surface area contributed by atoms with Crippen LogP contribution in [0.1, 0.15) is 26.8 Å².